The summed E-state index contributed by atoms with van der Waals surface area (Å²) in [4.78, 5) is 30.2. The van der Waals surface area contributed by atoms with Gasteiger partial charge in [0.1, 0.15) is 11.7 Å². The van der Waals surface area contributed by atoms with Crippen molar-refractivity contribution in [1.29, 1.82) is 0 Å². The number of aromatic nitrogens is 2. The molecule has 7 heteroatoms. The van der Waals surface area contributed by atoms with Crippen LogP contribution in [0, 0.1) is 5.92 Å². The topological polar surface area (TPSA) is 107 Å². The zero-order valence-electron chi connectivity index (χ0n) is 12.0. The van der Waals surface area contributed by atoms with E-state index in [0.29, 0.717) is 12.5 Å². The number of nitrogens with one attached hydrogen (secondary N) is 3. The van der Waals surface area contributed by atoms with Crippen LogP contribution in [-0.4, -0.2) is 46.1 Å². The molecule has 1 atom stereocenters. The Bertz CT molecular complexity index is 455. The Labute approximate surface area is 123 Å². The molecule has 0 bridgehead atoms. The number of hydrogen-bond acceptors (Lipinski definition) is 4. The van der Waals surface area contributed by atoms with E-state index in [1.165, 1.54) is 31.8 Å². The molecule has 7 nitrogen and oxygen atoms in total. The average molecular weight is 294 g/mol. The van der Waals surface area contributed by atoms with Crippen molar-refractivity contribution in [3.05, 3.63) is 18.2 Å². The van der Waals surface area contributed by atoms with Gasteiger partial charge in [0.25, 0.3) is 5.91 Å². The smallest absolute Gasteiger partial charge is 0.270 e. The average Bonchev–Trinajstić information content (AvgIpc) is 3.05. The lowest BCUT2D eigenvalue weighted by Crippen LogP contribution is -2.49. The van der Waals surface area contributed by atoms with Gasteiger partial charge in [0, 0.05) is 6.54 Å². The minimum absolute atomic E-state index is 0.258. The number of aliphatic hydroxyl groups is 1. The van der Waals surface area contributed by atoms with Crippen molar-refractivity contribution in [3.8, 4) is 0 Å². The number of hydrogen-bond donors (Lipinski definition) is 4. The van der Waals surface area contributed by atoms with Crippen molar-refractivity contribution in [2.45, 2.75) is 38.1 Å². The predicted octanol–water partition coefficient (Wildman–Crippen LogP) is 0.197. The van der Waals surface area contributed by atoms with Gasteiger partial charge in [-0.05, 0) is 18.8 Å². The number of nitrogens with zero attached hydrogens (tertiary/aromatic N) is 1. The summed E-state index contributed by atoms with van der Waals surface area (Å²) < 4.78 is 0. The molecule has 0 radical (unpaired) electrons. The van der Waals surface area contributed by atoms with Gasteiger partial charge in [0.05, 0.1) is 19.1 Å². The first-order valence-corrected chi connectivity index (χ1v) is 7.38. The van der Waals surface area contributed by atoms with Gasteiger partial charge in [-0.25, -0.2) is 4.98 Å². The predicted molar refractivity (Wildman–Crippen MR) is 76.5 cm³/mol. The van der Waals surface area contributed by atoms with Gasteiger partial charge in [0.15, 0.2) is 0 Å². The number of carbonyl (C=O) groups is 2. The molecule has 1 heterocycles. The number of rotatable bonds is 6. The van der Waals surface area contributed by atoms with Crippen molar-refractivity contribution in [3.63, 3.8) is 0 Å². The highest BCUT2D eigenvalue weighted by Gasteiger charge is 2.22. The molecule has 1 aliphatic carbocycles. The molecule has 1 aliphatic rings. The van der Waals surface area contributed by atoms with Crippen LogP contribution in [0.25, 0.3) is 0 Å². The van der Waals surface area contributed by atoms with E-state index in [0.717, 1.165) is 12.8 Å². The van der Waals surface area contributed by atoms with Gasteiger partial charge in [-0.1, -0.05) is 19.3 Å². The summed E-state index contributed by atoms with van der Waals surface area (Å²) in [7, 11) is 0. The van der Waals surface area contributed by atoms with E-state index in [9.17, 15) is 14.7 Å². The molecule has 2 rings (SSSR count). The van der Waals surface area contributed by atoms with Crippen LogP contribution in [0.2, 0.25) is 0 Å². The maximum Gasteiger partial charge on any atom is 0.270 e. The number of carbonyl (C=O) groups excluding carboxylic acids is 2. The lowest BCUT2D eigenvalue weighted by Gasteiger charge is -2.23. The summed E-state index contributed by atoms with van der Waals surface area (Å²) in [6.45, 7) is 0.172. The summed E-state index contributed by atoms with van der Waals surface area (Å²) in [5.41, 5.74) is 0.258. The fraction of sp³-hybridized carbons (Fsp3) is 0.643. The van der Waals surface area contributed by atoms with Crippen LogP contribution in [0.3, 0.4) is 0 Å². The van der Waals surface area contributed by atoms with Gasteiger partial charge in [-0.15, -0.1) is 0 Å². The first-order chi connectivity index (χ1) is 10.2. The molecule has 0 unspecified atom stereocenters. The Kier molecular flexibility index (Phi) is 5.74. The summed E-state index contributed by atoms with van der Waals surface area (Å²) in [5.74, 6) is -0.305. The third kappa shape index (κ3) is 4.56. The maximum absolute atomic E-state index is 12.0. The second kappa shape index (κ2) is 7.78. The summed E-state index contributed by atoms with van der Waals surface area (Å²) >= 11 is 0. The van der Waals surface area contributed by atoms with Crippen molar-refractivity contribution >= 4 is 11.8 Å². The van der Waals surface area contributed by atoms with Crippen LogP contribution in [0.5, 0.6) is 0 Å². The highest BCUT2D eigenvalue weighted by molar-refractivity contribution is 5.95. The highest BCUT2D eigenvalue weighted by Crippen LogP contribution is 2.22. The number of imidazole rings is 1. The van der Waals surface area contributed by atoms with Crippen LogP contribution < -0.4 is 10.6 Å². The molecule has 116 valence electrons. The van der Waals surface area contributed by atoms with Gasteiger partial charge in [0.2, 0.25) is 5.91 Å². The number of amides is 2. The molecule has 4 N–H and O–H groups in total. The maximum atomic E-state index is 12.0. The van der Waals surface area contributed by atoms with E-state index in [4.69, 9.17) is 0 Å². The third-order valence-corrected chi connectivity index (χ3v) is 3.84. The molecule has 0 aromatic carbocycles. The lowest BCUT2D eigenvalue weighted by molar-refractivity contribution is -0.124. The van der Waals surface area contributed by atoms with E-state index < -0.39 is 18.6 Å². The highest BCUT2D eigenvalue weighted by atomic mass is 16.3. The Morgan fingerprint density at radius 1 is 1.38 bits per heavy atom. The summed E-state index contributed by atoms with van der Waals surface area (Å²) in [5, 5.41) is 14.6. The third-order valence-electron chi connectivity index (χ3n) is 3.84. The Morgan fingerprint density at radius 2 is 2.14 bits per heavy atom. The van der Waals surface area contributed by atoms with E-state index in [-0.39, 0.29) is 11.6 Å². The standard InChI is InChI=1S/C14H22N4O3/c19-8-12(18-14(21)11-7-15-9-17-11)13(20)16-6-10-4-2-1-3-5-10/h7,9-10,12,19H,1-6,8H2,(H,15,17)(H,16,20)(H,18,21)/t12-/m0/s1. The zero-order valence-corrected chi connectivity index (χ0v) is 12.0. The second-order valence-electron chi connectivity index (χ2n) is 5.42. The Hall–Kier alpha value is -1.89. The van der Waals surface area contributed by atoms with Crippen LogP contribution in [0.1, 0.15) is 42.6 Å². The first-order valence-electron chi connectivity index (χ1n) is 7.38. The first kappa shape index (κ1) is 15.5. The summed E-state index contributed by atoms with van der Waals surface area (Å²) in [6, 6.07) is -0.940. The van der Waals surface area contributed by atoms with Gasteiger partial charge in [-0.2, -0.15) is 0 Å². The minimum atomic E-state index is -0.940. The van der Waals surface area contributed by atoms with Gasteiger partial charge < -0.3 is 20.7 Å². The molecule has 2 amide bonds. The van der Waals surface area contributed by atoms with Crippen LogP contribution >= 0.6 is 0 Å². The summed E-state index contributed by atoms with van der Waals surface area (Å²) in [6.07, 6.45) is 8.69. The second-order valence-corrected chi connectivity index (χ2v) is 5.42. The molecule has 0 saturated heterocycles. The normalized spacial score (nSPS) is 17.2. The molecular formula is C14H22N4O3. The number of aliphatic hydroxyl groups excluding tert-OH is 1. The largest absolute Gasteiger partial charge is 0.394 e. The van der Waals surface area contributed by atoms with Crippen molar-refractivity contribution in [1.82, 2.24) is 20.6 Å². The number of aromatic amines is 1. The van der Waals surface area contributed by atoms with E-state index >= 15 is 0 Å². The van der Waals surface area contributed by atoms with Crippen LogP contribution in [-0.2, 0) is 4.79 Å². The molecule has 1 saturated carbocycles. The molecular weight excluding hydrogens is 272 g/mol. The zero-order chi connectivity index (χ0) is 15.1. The van der Waals surface area contributed by atoms with E-state index in [2.05, 4.69) is 20.6 Å². The number of H-pyrrole nitrogens is 1. The molecule has 1 aromatic heterocycles. The van der Waals surface area contributed by atoms with Crippen LogP contribution in [0.15, 0.2) is 12.5 Å². The molecule has 1 aromatic rings. The Morgan fingerprint density at radius 3 is 2.76 bits per heavy atom. The van der Waals surface area contributed by atoms with Crippen molar-refractivity contribution in [2.24, 2.45) is 5.92 Å². The molecule has 1 fully saturated rings. The SMILES string of the molecule is O=C(N[C@@H](CO)C(=O)NCC1CCCCC1)c1cnc[nH]1. The fourth-order valence-corrected chi connectivity index (χ4v) is 2.57. The van der Waals surface area contributed by atoms with Gasteiger partial charge in [-0.3, -0.25) is 9.59 Å². The van der Waals surface area contributed by atoms with Crippen LogP contribution in [0.4, 0.5) is 0 Å². The molecule has 0 spiro atoms. The van der Waals surface area contributed by atoms with Crippen molar-refractivity contribution < 1.29 is 14.7 Å². The molecule has 21 heavy (non-hydrogen) atoms. The van der Waals surface area contributed by atoms with E-state index in [1.807, 2.05) is 0 Å². The minimum Gasteiger partial charge on any atom is -0.394 e. The fourth-order valence-electron chi connectivity index (χ4n) is 2.57. The quantitative estimate of drug-likeness (QED) is 0.601. The Balaban J connectivity index is 1.79. The van der Waals surface area contributed by atoms with Crippen molar-refractivity contribution in [2.75, 3.05) is 13.2 Å². The van der Waals surface area contributed by atoms with E-state index in [1.54, 1.807) is 0 Å². The van der Waals surface area contributed by atoms with Gasteiger partial charge >= 0.3 is 0 Å². The monoisotopic (exact) mass is 294 g/mol. The lowest BCUT2D eigenvalue weighted by atomic mass is 9.89. The molecule has 0 aliphatic heterocycles.